The van der Waals surface area contributed by atoms with Gasteiger partial charge in [-0.2, -0.15) is 5.26 Å². The zero-order chi connectivity index (χ0) is 11.5. The van der Waals surface area contributed by atoms with Gasteiger partial charge in [0.15, 0.2) is 5.75 Å². The molecule has 0 amide bonds. The fourth-order valence-corrected chi connectivity index (χ4v) is 2.20. The molecule has 0 aliphatic rings. The molecule has 0 unspecified atom stereocenters. The second-order valence-corrected chi connectivity index (χ2v) is 5.22. The maximum absolute atomic E-state index is 12.7. The Labute approximate surface area is 94.9 Å². The summed E-state index contributed by atoms with van der Waals surface area (Å²) in [6.45, 7) is 0. The van der Waals surface area contributed by atoms with Gasteiger partial charge in [0, 0.05) is 4.47 Å². The van der Waals surface area contributed by atoms with Gasteiger partial charge in [-0.05, 0) is 34.1 Å². The van der Waals surface area contributed by atoms with Gasteiger partial charge in [0.05, 0.1) is 11.8 Å². The van der Waals surface area contributed by atoms with Crippen molar-refractivity contribution >= 4 is 31.6 Å². The predicted molar refractivity (Wildman–Crippen MR) is 57.1 cm³/mol. The standard InChI is InChI=1S/C8H6BrFN2O2S/c9-7-5-6(10)1-2-8(7)12-15(13,14)4-3-11/h1-2,5,12H,4H2. The lowest BCUT2D eigenvalue weighted by Gasteiger charge is -2.06. The van der Waals surface area contributed by atoms with Crippen LogP contribution in [-0.2, 0) is 10.0 Å². The molecule has 7 heteroatoms. The van der Waals surface area contributed by atoms with E-state index in [4.69, 9.17) is 5.26 Å². The molecule has 15 heavy (non-hydrogen) atoms. The Kier molecular flexibility index (Phi) is 3.66. The maximum atomic E-state index is 12.7. The van der Waals surface area contributed by atoms with E-state index < -0.39 is 21.6 Å². The third kappa shape index (κ3) is 3.49. The highest BCUT2D eigenvalue weighted by atomic mass is 79.9. The van der Waals surface area contributed by atoms with Crippen LogP contribution < -0.4 is 4.72 Å². The van der Waals surface area contributed by atoms with E-state index in [1.165, 1.54) is 12.1 Å². The van der Waals surface area contributed by atoms with Crippen molar-refractivity contribution in [2.75, 3.05) is 10.5 Å². The zero-order valence-corrected chi connectivity index (χ0v) is 9.77. The highest BCUT2D eigenvalue weighted by Crippen LogP contribution is 2.23. The van der Waals surface area contributed by atoms with Gasteiger partial charge in [-0.1, -0.05) is 0 Å². The number of halogens is 2. The van der Waals surface area contributed by atoms with Crippen molar-refractivity contribution in [3.05, 3.63) is 28.5 Å². The van der Waals surface area contributed by atoms with Gasteiger partial charge in [-0.15, -0.1) is 0 Å². The molecule has 0 aliphatic heterocycles. The van der Waals surface area contributed by atoms with Gasteiger partial charge < -0.3 is 0 Å². The van der Waals surface area contributed by atoms with E-state index in [1.807, 2.05) is 0 Å². The molecule has 1 aromatic rings. The van der Waals surface area contributed by atoms with Crippen molar-refractivity contribution in [1.29, 1.82) is 5.26 Å². The summed E-state index contributed by atoms with van der Waals surface area (Å²) in [5, 5.41) is 8.25. The molecule has 0 spiro atoms. The lowest BCUT2D eigenvalue weighted by molar-refractivity contribution is 0.604. The largest absolute Gasteiger partial charge is 0.282 e. The number of hydrogen-bond acceptors (Lipinski definition) is 3. The third-order valence-electron chi connectivity index (χ3n) is 1.45. The summed E-state index contributed by atoms with van der Waals surface area (Å²) in [5.74, 6) is -1.12. The molecule has 1 rings (SSSR count). The first-order chi connectivity index (χ1) is 6.94. The molecule has 0 atom stereocenters. The van der Waals surface area contributed by atoms with Crippen LogP contribution in [0.15, 0.2) is 22.7 Å². The Bertz CT molecular complexity index is 510. The quantitative estimate of drug-likeness (QED) is 0.924. The summed E-state index contributed by atoms with van der Waals surface area (Å²) >= 11 is 3.00. The molecular formula is C8H6BrFN2O2S. The molecule has 80 valence electrons. The number of rotatable bonds is 3. The van der Waals surface area contributed by atoms with E-state index >= 15 is 0 Å². The van der Waals surface area contributed by atoms with Crippen LogP contribution in [0.1, 0.15) is 0 Å². The fourth-order valence-electron chi connectivity index (χ4n) is 0.861. The van der Waals surface area contributed by atoms with Crippen LogP contribution in [-0.4, -0.2) is 14.2 Å². The number of nitrogens with zero attached hydrogens (tertiary/aromatic N) is 1. The van der Waals surface area contributed by atoms with Crippen molar-refractivity contribution in [2.24, 2.45) is 0 Å². The molecule has 1 aromatic carbocycles. The number of hydrogen-bond donors (Lipinski definition) is 1. The predicted octanol–water partition coefficient (Wildman–Crippen LogP) is 1.85. The lowest BCUT2D eigenvalue weighted by atomic mass is 10.3. The summed E-state index contributed by atoms with van der Waals surface area (Å²) in [6.07, 6.45) is 0. The van der Waals surface area contributed by atoms with Crippen molar-refractivity contribution in [3.8, 4) is 6.07 Å². The van der Waals surface area contributed by atoms with Crippen LogP contribution in [0.4, 0.5) is 10.1 Å². The van der Waals surface area contributed by atoms with Gasteiger partial charge in [0.1, 0.15) is 5.82 Å². The first kappa shape index (κ1) is 11.9. The fraction of sp³-hybridized carbons (Fsp3) is 0.125. The van der Waals surface area contributed by atoms with Gasteiger partial charge >= 0.3 is 0 Å². The average Bonchev–Trinajstić information content (AvgIpc) is 2.09. The van der Waals surface area contributed by atoms with Crippen molar-refractivity contribution < 1.29 is 12.8 Å². The van der Waals surface area contributed by atoms with E-state index in [2.05, 4.69) is 20.7 Å². The number of sulfonamides is 1. The third-order valence-corrected chi connectivity index (χ3v) is 3.15. The normalized spacial score (nSPS) is 10.7. The van der Waals surface area contributed by atoms with Gasteiger partial charge in [-0.25, -0.2) is 12.8 Å². The minimum Gasteiger partial charge on any atom is -0.282 e. The average molecular weight is 293 g/mol. The van der Waals surface area contributed by atoms with Gasteiger partial charge in [-0.3, -0.25) is 4.72 Å². The number of nitrogens with one attached hydrogen (secondary N) is 1. The first-order valence-corrected chi connectivity index (χ1v) is 6.21. The van der Waals surface area contributed by atoms with E-state index in [-0.39, 0.29) is 10.2 Å². The summed E-state index contributed by atoms with van der Waals surface area (Å²) in [6, 6.07) is 5.04. The highest BCUT2D eigenvalue weighted by Gasteiger charge is 2.11. The molecule has 0 aliphatic carbocycles. The van der Waals surface area contributed by atoms with Crippen LogP contribution in [0.5, 0.6) is 0 Å². The second-order valence-electron chi connectivity index (χ2n) is 2.64. The van der Waals surface area contributed by atoms with Crippen molar-refractivity contribution in [2.45, 2.75) is 0 Å². The minimum absolute atomic E-state index is 0.201. The summed E-state index contributed by atoms with van der Waals surface area (Å²) in [7, 11) is -3.68. The highest BCUT2D eigenvalue weighted by molar-refractivity contribution is 9.10. The van der Waals surface area contributed by atoms with E-state index in [0.29, 0.717) is 0 Å². The number of anilines is 1. The summed E-state index contributed by atoms with van der Waals surface area (Å²) < 4.78 is 37.5. The number of nitriles is 1. The Morgan fingerprint density at radius 3 is 2.73 bits per heavy atom. The van der Waals surface area contributed by atoms with Crippen LogP contribution >= 0.6 is 15.9 Å². The zero-order valence-electron chi connectivity index (χ0n) is 7.37. The molecule has 0 fully saturated rings. The van der Waals surface area contributed by atoms with Crippen molar-refractivity contribution in [1.82, 2.24) is 0 Å². The SMILES string of the molecule is N#CCS(=O)(=O)Nc1ccc(F)cc1Br. The Balaban J connectivity index is 2.96. The monoisotopic (exact) mass is 292 g/mol. The molecule has 0 heterocycles. The smallest absolute Gasteiger partial charge is 0.246 e. The van der Waals surface area contributed by atoms with E-state index in [0.717, 1.165) is 12.1 Å². The summed E-state index contributed by atoms with van der Waals surface area (Å²) in [4.78, 5) is 0. The first-order valence-electron chi connectivity index (χ1n) is 3.77. The Hall–Kier alpha value is -1.13. The topological polar surface area (TPSA) is 70.0 Å². The molecular weight excluding hydrogens is 287 g/mol. The van der Waals surface area contributed by atoms with Gasteiger partial charge in [0.25, 0.3) is 0 Å². The van der Waals surface area contributed by atoms with E-state index in [9.17, 15) is 12.8 Å². The summed E-state index contributed by atoms with van der Waals surface area (Å²) in [5.41, 5.74) is 0.201. The number of benzene rings is 1. The molecule has 0 aromatic heterocycles. The van der Waals surface area contributed by atoms with Crippen LogP contribution in [0.25, 0.3) is 0 Å². The molecule has 0 bridgehead atoms. The Morgan fingerprint density at radius 1 is 1.53 bits per heavy atom. The lowest BCUT2D eigenvalue weighted by Crippen LogP contribution is -2.15. The van der Waals surface area contributed by atoms with E-state index in [1.54, 1.807) is 0 Å². The molecule has 1 N–H and O–H groups in total. The molecule has 0 saturated heterocycles. The van der Waals surface area contributed by atoms with Gasteiger partial charge in [0.2, 0.25) is 10.0 Å². The minimum atomic E-state index is -3.68. The van der Waals surface area contributed by atoms with Crippen LogP contribution in [0, 0.1) is 17.1 Å². The Morgan fingerprint density at radius 2 is 2.20 bits per heavy atom. The second kappa shape index (κ2) is 4.59. The van der Waals surface area contributed by atoms with Crippen molar-refractivity contribution in [3.63, 3.8) is 0 Å². The van der Waals surface area contributed by atoms with Crippen LogP contribution in [0.2, 0.25) is 0 Å². The molecule has 4 nitrogen and oxygen atoms in total. The van der Waals surface area contributed by atoms with Crippen LogP contribution in [0.3, 0.4) is 0 Å². The molecule has 0 radical (unpaired) electrons. The molecule has 0 saturated carbocycles. The maximum Gasteiger partial charge on any atom is 0.246 e.